The molecule has 3 aromatic heterocycles. The summed E-state index contributed by atoms with van der Waals surface area (Å²) < 4.78 is 113. The second kappa shape index (κ2) is 17.1. The molecule has 0 fully saturated rings. The minimum absolute atomic E-state index is 0. The van der Waals surface area contributed by atoms with Gasteiger partial charge < -0.3 is 14.4 Å². The van der Waals surface area contributed by atoms with Gasteiger partial charge in [0.05, 0.1) is 5.58 Å². The van der Waals surface area contributed by atoms with E-state index in [0.29, 0.717) is 44.8 Å². The molecule has 0 aliphatic carbocycles. The number of fused-ring (bicyclic) bond motifs is 3. The summed E-state index contributed by atoms with van der Waals surface area (Å²) in [7, 11) is 0. The summed E-state index contributed by atoms with van der Waals surface area (Å²) in [5, 5.41) is 1.77. The molecule has 291 valence electrons. The molecule has 8 rings (SSSR count). The summed E-state index contributed by atoms with van der Waals surface area (Å²) in [6.07, 6.45) is -0.566. The summed E-state index contributed by atoms with van der Waals surface area (Å²) >= 11 is 0. The van der Waals surface area contributed by atoms with Crippen LogP contribution in [-0.2, 0) is 32.9 Å². The number of rotatable bonds is 6. The molecule has 0 saturated carbocycles. The first-order valence-electron chi connectivity index (χ1n) is 25.0. The normalized spacial score (nSPS) is 16.1. The Balaban J connectivity index is 0.000000238. The molecule has 0 aliphatic heterocycles. The Hall–Kier alpha value is -5.15. The molecule has 0 unspecified atom stereocenters. The molecule has 0 bridgehead atoms. The molecule has 0 saturated heterocycles. The van der Waals surface area contributed by atoms with E-state index in [0.717, 1.165) is 16.3 Å². The number of nitrogens with zero attached hydrogens (tertiary/aromatic N) is 2. The number of aromatic nitrogens is 2. The maximum atomic E-state index is 8.67. The topological polar surface area (TPSA) is 38.9 Å². The minimum atomic E-state index is -2.64. The van der Waals surface area contributed by atoms with E-state index in [1.807, 2.05) is 81.4 Å². The predicted molar refractivity (Wildman–Crippen MR) is 236 cm³/mol. The van der Waals surface area contributed by atoms with Gasteiger partial charge in [0.15, 0.2) is 0 Å². The van der Waals surface area contributed by atoms with Crippen molar-refractivity contribution < 1.29 is 42.3 Å². The molecule has 1 radical (unpaired) electrons. The Bertz CT molecular complexity index is 3140. The van der Waals surface area contributed by atoms with Crippen LogP contribution in [0.5, 0.6) is 0 Å². The van der Waals surface area contributed by atoms with E-state index >= 15 is 0 Å². The number of pyridine rings is 2. The molecule has 0 N–H and O–H groups in total. The van der Waals surface area contributed by atoms with Crippen LogP contribution >= 0.6 is 0 Å². The number of benzene rings is 5. The van der Waals surface area contributed by atoms with Gasteiger partial charge in [-0.2, -0.15) is 0 Å². The molecule has 0 aliphatic rings. The third-order valence-electron chi connectivity index (χ3n) is 8.92. The molecule has 57 heavy (non-hydrogen) atoms. The monoisotopic (exact) mass is 938 g/mol. The predicted octanol–water partition coefficient (Wildman–Crippen LogP) is 14.4. The van der Waals surface area contributed by atoms with Crippen molar-refractivity contribution in [1.29, 1.82) is 0 Å². The van der Waals surface area contributed by atoms with Crippen LogP contribution in [0, 0.1) is 43.5 Å². The van der Waals surface area contributed by atoms with Gasteiger partial charge in [0.1, 0.15) is 5.58 Å². The zero-order valence-electron chi connectivity index (χ0n) is 45.8. The van der Waals surface area contributed by atoms with Crippen LogP contribution in [0.1, 0.15) is 87.2 Å². The second-order valence-electron chi connectivity index (χ2n) is 15.8. The SMILES string of the molecule is [2H]C([2H])([2H])c1c[c-]c(-c2ccc(C([2H])([2H])C(C)(C)C)cn2)cc1-c1ccccc1.[2H]C([2H])([2H])c1cnc(-c2[c-]ccc3c2oc2ccccc23)cc1-c1ccc(C([2H])([2H])C(C)(C)C)cc1C([2H])([2H])[2H].[Ir]. The van der Waals surface area contributed by atoms with Crippen molar-refractivity contribution in [2.45, 2.75) is 74.8 Å². The van der Waals surface area contributed by atoms with Crippen LogP contribution in [0.3, 0.4) is 0 Å². The van der Waals surface area contributed by atoms with E-state index < -0.39 is 44.1 Å². The fourth-order valence-electron chi connectivity index (χ4n) is 6.54. The molecule has 8 aromatic rings. The summed E-state index contributed by atoms with van der Waals surface area (Å²) in [5.74, 6) is 0. The molecule has 3 heterocycles. The van der Waals surface area contributed by atoms with E-state index in [1.54, 1.807) is 57.3 Å². The van der Waals surface area contributed by atoms with Crippen LogP contribution in [0.4, 0.5) is 0 Å². The summed E-state index contributed by atoms with van der Waals surface area (Å²) in [6, 6.07) is 39.5. The molecule has 5 aromatic carbocycles. The number of hydrogen-bond donors (Lipinski definition) is 0. The zero-order chi connectivity index (χ0) is 50.7. The third kappa shape index (κ3) is 9.87. The molecular formula is C53H52IrN2O-2. The van der Waals surface area contributed by atoms with E-state index in [-0.39, 0.29) is 53.5 Å². The van der Waals surface area contributed by atoms with Gasteiger partial charge in [0.2, 0.25) is 0 Å². The van der Waals surface area contributed by atoms with Gasteiger partial charge in [-0.3, -0.25) is 0 Å². The first kappa shape index (κ1) is 27.5. The molecular weight excluding hydrogens is 873 g/mol. The van der Waals surface area contributed by atoms with E-state index in [9.17, 15) is 0 Å². The standard InChI is InChI=1S/C30H28NO.C23H24N.Ir/c1-19-15-21(17-30(3,4)5)13-14-22(19)26-16-27(31-18-20(26)2)25-11-8-10-24-23-9-6-7-12-28(23)32-29(24)25;1-17-10-12-20(14-21(17)19-8-6-5-7-9-19)22-13-11-18(16-24-22)15-23(2,3)4;/h6-10,12-16,18H,17H2,1-5H3;5-11,13-14,16H,15H2,1-4H3;/q2*-1;/i1D3,2D3,17D2;1D3,15D2;. The fourth-order valence-corrected chi connectivity index (χ4v) is 6.54. The quantitative estimate of drug-likeness (QED) is 0.156. The Morgan fingerprint density at radius 2 is 1.32 bits per heavy atom. The largest absolute Gasteiger partial charge is 0.501 e. The van der Waals surface area contributed by atoms with Crippen LogP contribution in [0.2, 0.25) is 0 Å². The maximum Gasteiger partial charge on any atom is 0.120 e. The fraction of sp³-hybridized carbons (Fsp3) is 0.245. The summed E-state index contributed by atoms with van der Waals surface area (Å²) in [6.45, 7) is 3.32. The summed E-state index contributed by atoms with van der Waals surface area (Å²) in [5.41, 5.74) is 4.54. The van der Waals surface area contributed by atoms with Crippen molar-refractivity contribution in [3.8, 4) is 44.8 Å². The van der Waals surface area contributed by atoms with Crippen LogP contribution in [0.15, 0.2) is 132 Å². The van der Waals surface area contributed by atoms with Gasteiger partial charge in [0.25, 0.3) is 0 Å². The van der Waals surface area contributed by atoms with E-state index in [2.05, 4.69) is 22.1 Å². The van der Waals surface area contributed by atoms with Gasteiger partial charge >= 0.3 is 0 Å². The number of para-hydroxylation sites is 1. The Morgan fingerprint density at radius 3 is 2.04 bits per heavy atom. The molecule has 0 atom stereocenters. The molecule has 0 amide bonds. The Labute approximate surface area is 371 Å². The molecule has 3 nitrogen and oxygen atoms in total. The Morgan fingerprint density at radius 1 is 0.614 bits per heavy atom. The Kier molecular flexibility index (Phi) is 8.27. The van der Waals surface area contributed by atoms with Gasteiger partial charge in [-0.15, -0.1) is 47.5 Å². The van der Waals surface area contributed by atoms with Gasteiger partial charge in [-0.05, 0) is 93.7 Å². The zero-order valence-corrected chi connectivity index (χ0v) is 35.2. The van der Waals surface area contributed by atoms with Crippen molar-refractivity contribution in [3.63, 3.8) is 0 Å². The second-order valence-corrected chi connectivity index (χ2v) is 15.8. The smallest absolute Gasteiger partial charge is 0.120 e. The van der Waals surface area contributed by atoms with Crippen molar-refractivity contribution in [1.82, 2.24) is 9.97 Å². The van der Waals surface area contributed by atoms with E-state index in [4.69, 9.17) is 22.2 Å². The number of furan rings is 1. The molecule has 0 spiro atoms. The maximum absolute atomic E-state index is 8.67. The van der Waals surface area contributed by atoms with Crippen molar-refractivity contribution >= 4 is 21.9 Å². The van der Waals surface area contributed by atoms with Gasteiger partial charge in [-0.1, -0.05) is 150 Å². The first-order valence-corrected chi connectivity index (χ1v) is 18.5. The number of aryl methyl sites for hydroxylation is 3. The summed E-state index contributed by atoms with van der Waals surface area (Å²) in [4.78, 5) is 8.89. The first-order chi connectivity index (χ1) is 31.9. The average Bonchev–Trinajstić information content (AvgIpc) is 3.66. The van der Waals surface area contributed by atoms with Crippen molar-refractivity contribution in [2.75, 3.05) is 0 Å². The van der Waals surface area contributed by atoms with Crippen LogP contribution in [0.25, 0.3) is 66.7 Å². The van der Waals surface area contributed by atoms with Crippen molar-refractivity contribution in [3.05, 3.63) is 168 Å². The van der Waals surface area contributed by atoms with Gasteiger partial charge in [0, 0.05) is 55.7 Å². The van der Waals surface area contributed by atoms with Gasteiger partial charge in [-0.25, -0.2) is 0 Å². The molecule has 4 heteroatoms. The van der Waals surface area contributed by atoms with Crippen LogP contribution < -0.4 is 0 Å². The van der Waals surface area contributed by atoms with E-state index in [1.165, 1.54) is 30.5 Å². The minimum Gasteiger partial charge on any atom is -0.501 e. The van der Waals surface area contributed by atoms with Crippen LogP contribution in [-0.4, -0.2) is 9.97 Å². The third-order valence-corrected chi connectivity index (χ3v) is 8.92. The number of hydrogen-bond acceptors (Lipinski definition) is 3. The van der Waals surface area contributed by atoms with Crippen molar-refractivity contribution in [2.24, 2.45) is 10.8 Å². The average molecular weight is 938 g/mol.